The van der Waals surface area contributed by atoms with Gasteiger partial charge < -0.3 is 15.4 Å². The van der Waals surface area contributed by atoms with Gasteiger partial charge in [0, 0.05) is 26.1 Å². The third kappa shape index (κ3) is 5.80. The number of ether oxygens (including phenoxy) is 1. The van der Waals surface area contributed by atoms with E-state index in [2.05, 4.69) is 13.8 Å². The number of nitrogens with two attached hydrogens (primary N) is 1. The summed E-state index contributed by atoms with van der Waals surface area (Å²) < 4.78 is 5.66. The SMILES string of the molecule is CCOC1CCCN(C(=O)CCC(CCN)C(C)C)C1. The molecule has 118 valence electrons. The molecule has 2 atom stereocenters. The highest BCUT2D eigenvalue weighted by Crippen LogP contribution is 2.22. The van der Waals surface area contributed by atoms with Gasteiger partial charge in [0.1, 0.15) is 0 Å². The summed E-state index contributed by atoms with van der Waals surface area (Å²) in [5, 5.41) is 0. The van der Waals surface area contributed by atoms with Crippen molar-refractivity contribution in [2.75, 3.05) is 26.2 Å². The largest absolute Gasteiger partial charge is 0.377 e. The molecule has 4 nitrogen and oxygen atoms in total. The number of carbonyl (C=O) groups excluding carboxylic acids is 1. The zero-order chi connectivity index (χ0) is 15.0. The van der Waals surface area contributed by atoms with E-state index in [0.717, 1.165) is 45.4 Å². The second-order valence-electron chi connectivity index (χ2n) is 6.18. The first-order valence-corrected chi connectivity index (χ1v) is 8.17. The molecule has 4 heteroatoms. The van der Waals surface area contributed by atoms with Crippen LogP contribution < -0.4 is 5.73 Å². The Morgan fingerprint density at radius 1 is 1.40 bits per heavy atom. The lowest BCUT2D eigenvalue weighted by atomic mass is 9.88. The van der Waals surface area contributed by atoms with Crippen LogP contribution in [0.1, 0.15) is 52.9 Å². The third-order valence-electron chi connectivity index (χ3n) is 4.34. The number of carbonyl (C=O) groups is 1. The van der Waals surface area contributed by atoms with Gasteiger partial charge in [0.25, 0.3) is 0 Å². The van der Waals surface area contributed by atoms with Gasteiger partial charge >= 0.3 is 0 Å². The van der Waals surface area contributed by atoms with Gasteiger partial charge in [0.15, 0.2) is 0 Å². The minimum atomic E-state index is 0.239. The van der Waals surface area contributed by atoms with Crippen LogP contribution in [0.5, 0.6) is 0 Å². The molecule has 0 aromatic heterocycles. The maximum atomic E-state index is 12.3. The van der Waals surface area contributed by atoms with Crippen molar-refractivity contribution in [2.24, 2.45) is 17.6 Å². The maximum Gasteiger partial charge on any atom is 0.222 e. The molecule has 20 heavy (non-hydrogen) atoms. The fourth-order valence-corrected chi connectivity index (χ4v) is 3.03. The van der Waals surface area contributed by atoms with Crippen molar-refractivity contribution in [1.82, 2.24) is 4.90 Å². The Kier molecular flexibility index (Phi) is 8.15. The van der Waals surface area contributed by atoms with E-state index >= 15 is 0 Å². The van der Waals surface area contributed by atoms with E-state index < -0.39 is 0 Å². The zero-order valence-corrected chi connectivity index (χ0v) is 13.4. The fraction of sp³-hybridized carbons (Fsp3) is 0.938. The van der Waals surface area contributed by atoms with Crippen LogP contribution in [0.25, 0.3) is 0 Å². The average Bonchev–Trinajstić information content (AvgIpc) is 2.43. The minimum absolute atomic E-state index is 0.239. The van der Waals surface area contributed by atoms with Crippen molar-refractivity contribution in [3.8, 4) is 0 Å². The van der Waals surface area contributed by atoms with Crippen LogP contribution in [-0.2, 0) is 9.53 Å². The molecule has 1 aliphatic rings. The quantitative estimate of drug-likeness (QED) is 0.744. The fourth-order valence-electron chi connectivity index (χ4n) is 3.03. The van der Waals surface area contributed by atoms with E-state index in [0.29, 0.717) is 24.8 Å². The standard InChI is InChI=1S/C16H32N2O2/c1-4-20-15-6-5-11-18(12-15)16(19)8-7-14(9-10-17)13(2)3/h13-15H,4-12,17H2,1-3H3. The van der Waals surface area contributed by atoms with Crippen LogP contribution in [0, 0.1) is 11.8 Å². The summed E-state index contributed by atoms with van der Waals surface area (Å²) in [6.07, 6.45) is 5.02. The summed E-state index contributed by atoms with van der Waals surface area (Å²) >= 11 is 0. The Balaban J connectivity index is 2.37. The molecule has 0 aromatic rings. The van der Waals surface area contributed by atoms with Crippen molar-refractivity contribution in [2.45, 2.75) is 59.0 Å². The van der Waals surface area contributed by atoms with Crippen LogP contribution in [0.4, 0.5) is 0 Å². The van der Waals surface area contributed by atoms with E-state index in [9.17, 15) is 4.79 Å². The lowest BCUT2D eigenvalue weighted by Crippen LogP contribution is -2.43. The summed E-state index contributed by atoms with van der Waals surface area (Å²) in [5.74, 6) is 1.46. The summed E-state index contributed by atoms with van der Waals surface area (Å²) in [6, 6.07) is 0. The van der Waals surface area contributed by atoms with Gasteiger partial charge in [0.2, 0.25) is 5.91 Å². The molecular formula is C16H32N2O2. The minimum Gasteiger partial charge on any atom is -0.377 e. The molecule has 1 fully saturated rings. The second-order valence-corrected chi connectivity index (χ2v) is 6.18. The van der Waals surface area contributed by atoms with Gasteiger partial charge in [-0.2, -0.15) is 0 Å². The van der Waals surface area contributed by atoms with Gasteiger partial charge in [-0.05, 0) is 51.0 Å². The summed E-state index contributed by atoms with van der Waals surface area (Å²) in [5.41, 5.74) is 5.66. The lowest BCUT2D eigenvalue weighted by Gasteiger charge is -2.33. The molecule has 1 rings (SSSR count). The highest BCUT2D eigenvalue weighted by molar-refractivity contribution is 5.76. The lowest BCUT2D eigenvalue weighted by molar-refractivity contribution is -0.135. The molecule has 0 spiro atoms. The van der Waals surface area contributed by atoms with Crippen molar-refractivity contribution in [3.63, 3.8) is 0 Å². The van der Waals surface area contributed by atoms with Crippen molar-refractivity contribution in [1.29, 1.82) is 0 Å². The molecule has 2 unspecified atom stereocenters. The highest BCUT2D eigenvalue weighted by atomic mass is 16.5. The van der Waals surface area contributed by atoms with E-state index in [1.165, 1.54) is 0 Å². The number of hydrogen-bond acceptors (Lipinski definition) is 3. The molecule has 1 aliphatic heterocycles. The number of likely N-dealkylation sites (tertiary alicyclic amines) is 1. The first-order chi connectivity index (χ1) is 9.58. The van der Waals surface area contributed by atoms with Crippen LogP contribution in [0.15, 0.2) is 0 Å². The van der Waals surface area contributed by atoms with Crippen molar-refractivity contribution in [3.05, 3.63) is 0 Å². The second kappa shape index (κ2) is 9.35. The predicted octanol–water partition coefficient (Wildman–Crippen LogP) is 2.42. The molecule has 0 bridgehead atoms. The summed E-state index contributed by atoms with van der Waals surface area (Å²) in [7, 11) is 0. The third-order valence-corrected chi connectivity index (χ3v) is 4.34. The van der Waals surface area contributed by atoms with Gasteiger partial charge in [-0.15, -0.1) is 0 Å². The topological polar surface area (TPSA) is 55.6 Å². The Hall–Kier alpha value is -0.610. The maximum absolute atomic E-state index is 12.3. The van der Waals surface area contributed by atoms with E-state index in [1.807, 2.05) is 11.8 Å². The van der Waals surface area contributed by atoms with E-state index in [4.69, 9.17) is 10.5 Å². The summed E-state index contributed by atoms with van der Waals surface area (Å²) in [6.45, 7) is 9.57. The highest BCUT2D eigenvalue weighted by Gasteiger charge is 2.24. The molecule has 1 amide bonds. The number of hydrogen-bond donors (Lipinski definition) is 1. The Labute approximate surface area is 124 Å². The molecule has 1 saturated heterocycles. The molecule has 0 aliphatic carbocycles. The van der Waals surface area contributed by atoms with Gasteiger partial charge in [0.05, 0.1) is 6.10 Å². The number of rotatable bonds is 8. The molecular weight excluding hydrogens is 252 g/mol. The first-order valence-electron chi connectivity index (χ1n) is 8.17. The Morgan fingerprint density at radius 2 is 2.15 bits per heavy atom. The molecule has 2 N–H and O–H groups in total. The number of nitrogens with zero attached hydrogens (tertiary/aromatic N) is 1. The smallest absolute Gasteiger partial charge is 0.222 e. The molecule has 0 radical (unpaired) electrons. The molecule has 0 aromatic carbocycles. The van der Waals surface area contributed by atoms with Crippen LogP contribution >= 0.6 is 0 Å². The zero-order valence-electron chi connectivity index (χ0n) is 13.4. The van der Waals surface area contributed by atoms with Crippen LogP contribution in [-0.4, -0.2) is 43.2 Å². The average molecular weight is 284 g/mol. The van der Waals surface area contributed by atoms with E-state index in [-0.39, 0.29) is 12.0 Å². The van der Waals surface area contributed by atoms with Gasteiger partial charge in [-0.1, -0.05) is 13.8 Å². The van der Waals surface area contributed by atoms with Gasteiger partial charge in [-0.3, -0.25) is 4.79 Å². The van der Waals surface area contributed by atoms with Crippen LogP contribution in [0.3, 0.4) is 0 Å². The monoisotopic (exact) mass is 284 g/mol. The normalized spacial score (nSPS) is 21.2. The van der Waals surface area contributed by atoms with Gasteiger partial charge in [-0.25, -0.2) is 0 Å². The number of piperidine rings is 1. The van der Waals surface area contributed by atoms with Crippen molar-refractivity contribution < 1.29 is 9.53 Å². The van der Waals surface area contributed by atoms with Crippen molar-refractivity contribution >= 4 is 5.91 Å². The van der Waals surface area contributed by atoms with E-state index in [1.54, 1.807) is 0 Å². The Morgan fingerprint density at radius 3 is 2.75 bits per heavy atom. The predicted molar refractivity (Wildman–Crippen MR) is 82.5 cm³/mol. The van der Waals surface area contributed by atoms with Crippen LogP contribution in [0.2, 0.25) is 0 Å². The first kappa shape index (κ1) is 17.4. The summed E-state index contributed by atoms with van der Waals surface area (Å²) in [4.78, 5) is 14.3. The molecule has 0 saturated carbocycles. The Bertz CT molecular complexity index is 280. The molecule has 1 heterocycles. The number of amides is 1.